The van der Waals surface area contributed by atoms with E-state index in [1.807, 2.05) is 33.9 Å². The van der Waals surface area contributed by atoms with Crippen molar-refractivity contribution in [3.63, 3.8) is 0 Å². The highest BCUT2D eigenvalue weighted by Crippen LogP contribution is 2.20. The first-order chi connectivity index (χ1) is 13.6. The van der Waals surface area contributed by atoms with Crippen LogP contribution in [0.2, 0.25) is 0 Å². The molecule has 2 fully saturated rings. The molecule has 2 aliphatic rings. The highest BCUT2D eigenvalue weighted by Gasteiger charge is 2.33. The normalized spacial score (nSPS) is 20.7. The molecule has 8 nitrogen and oxygen atoms in total. The van der Waals surface area contributed by atoms with Crippen LogP contribution in [0.5, 0.6) is 0 Å². The molecule has 0 aromatic carbocycles. The summed E-state index contributed by atoms with van der Waals surface area (Å²) < 4.78 is 0. The van der Waals surface area contributed by atoms with Crippen LogP contribution < -0.4 is 5.32 Å². The minimum absolute atomic E-state index is 0.0252. The van der Waals surface area contributed by atoms with Crippen molar-refractivity contribution in [2.24, 2.45) is 0 Å². The quantitative estimate of drug-likeness (QED) is 0.835. The molecule has 1 aromatic rings. The molecule has 1 N–H and O–H groups in total. The summed E-state index contributed by atoms with van der Waals surface area (Å²) in [6.07, 6.45) is 2.43. The van der Waals surface area contributed by atoms with Gasteiger partial charge in [0.15, 0.2) is 0 Å². The van der Waals surface area contributed by atoms with Crippen LogP contribution >= 0.6 is 0 Å². The third-order valence-electron chi connectivity index (χ3n) is 5.59. The van der Waals surface area contributed by atoms with Crippen LogP contribution in [-0.2, 0) is 0 Å². The number of nitrogens with one attached hydrogen (secondary N) is 1. The molecule has 0 unspecified atom stereocenters. The lowest BCUT2D eigenvalue weighted by Crippen LogP contribution is -2.53. The number of piperazine rings is 1. The Balaban J connectivity index is 1.55. The van der Waals surface area contributed by atoms with Crippen molar-refractivity contribution in [3.8, 4) is 0 Å². The molecule has 0 radical (unpaired) electrons. The summed E-state index contributed by atoms with van der Waals surface area (Å²) >= 11 is 0. The van der Waals surface area contributed by atoms with E-state index in [1.54, 1.807) is 6.20 Å². The van der Waals surface area contributed by atoms with Gasteiger partial charge in [0, 0.05) is 58.1 Å². The number of carbonyl (C=O) groups is 2. The standard InChI is InChI=1S/C21H34N6O2/c1-21(2,3)23-18-7-6-16(14-22-18)19(28)27-9-8-17(15-27)25(5)20(29)26-12-10-24(4)11-13-26/h6-7,14,17H,8-13,15H2,1-5H3,(H,22,23)/t17-/m0/s1. The summed E-state index contributed by atoms with van der Waals surface area (Å²) in [6, 6.07) is 3.78. The Hall–Kier alpha value is -2.35. The zero-order chi connectivity index (χ0) is 21.2. The van der Waals surface area contributed by atoms with E-state index in [0.29, 0.717) is 18.7 Å². The molecular weight excluding hydrogens is 368 g/mol. The van der Waals surface area contributed by atoms with Crippen LogP contribution in [0.4, 0.5) is 10.6 Å². The number of carbonyl (C=O) groups excluding carboxylic acids is 2. The fraction of sp³-hybridized carbons (Fsp3) is 0.667. The lowest BCUT2D eigenvalue weighted by atomic mass is 10.1. The molecule has 3 amide bonds. The molecule has 0 spiro atoms. The largest absolute Gasteiger partial charge is 0.365 e. The number of hydrogen-bond acceptors (Lipinski definition) is 5. The Bertz CT molecular complexity index is 722. The molecule has 1 atom stereocenters. The summed E-state index contributed by atoms with van der Waals surface area (Å²) in [5.74, 6) is 0.730. The first kappa shape index (κ1) is 21.4. The molecule has 2 aliphatic heterocycles. The predicted octanol–water partition coefficient (Wildman–Crippen LogP) is 1.81. The number of amides is 3. The van der Waals surface area contributed by atoms with Crippen molar-refractivity contribution in [2.45, 2.75) is 38.8 Å². The van der Waals surface area contributed by atoms with Gasteiger partial charge in [0.25, 0.3) is 5.91 Å². The summed E-state index contributed by atoms with van der Waals surface area (Å²) in [6.45, 7) is 10.8. The van der Waals surface area contributed by atoms with Gasteiger partial charge in [-0.05, 0) is 46.4 Å². The number of pyridine rings is 1. The first-order valence-corrected chi connectivity index (χ1v) is 10.4. The Kier molecular flexibility index (Phi) is 6.31. The maximum atomic E-state index is 12.9. The van der Waals surface area contributed by atoms with Crippen molar-refractivity contribution in [3.05, 3.63) is 23.9 Å². The molecule has 0 aliphatic carbocycles. The van der Waals surface area contributed by atoms with Gasteiger partial charge in [-0.25, -0.2) is 9.78 Å². The van der Waals surface area contributed by atoms with E-state index < -0.39 is 0 Å². The van der Waals surface area contributed by atoms with E-state index in [4.69, 9.17) is 0 Å². The molecule has 29 heavy (non-hydrogen) atoms. The van der Waals surface area contributed by atoms with Crippen LogP contribution in [-0.4, -0.2) is 101 Å². The van der Waals surface area contributed by atoms with E-state index in [9.17, 15) is 9.59 Å². The molecule has 3 rings (SSSR count). The van der Waals surface area contributed by atoms with E-state index in [1.165, 1.54) is 0 Å². The lowest BCUT2D eigenvalue weighted by Gasteiger charge is -2.36. The zero-order valence-electron chi connectivity index (χ0n) is 18.3. The van der Waals surface area contributed by atoms with Crippen LogP contribution in [0.3, 0.4) is 0 Å². The van der Waals surface area contributed by atoms with Gasteiger partial charge in [0.2, 0.25) is 0 Å². The van der Waals surface area contributed by atoms with Gasteiger partial charge in [-0.2, -0.15) is 0 Å². The number of hydrogen-bond donors (Lipinski definition) is 1. The number of likely N-dealkylation sites (tertiary alicyclic amines) is 1. The number of urea groups is 1. The molecule has 3 heterocycles. The van der Waals surface area contributed by atoms with Gasteiger partial charge in [-0.15, -0.1) is 0 Å². The number of nitrogens with zero attached hydrogens (tertiary/aromatic N) is 5. The van der Waals surface area contributed by atoms with Crippen LogP contribution in [0.15, 0.2) is 18.3 Å². The smallest absolute Gasteiger partial charge is 0.320 e. The average Bonchev–Trinajstić information content (AvgIpc) is 3.16. The topological polar surface area (TPSA) is 72.0 Å². The number of aromatic nitrogens is 1. The van der Waals surface area contributed by atoms with Crippen LogP contribution in [0, 0.1) is 0 Å². The van der Waals surface area contributed by atoms with Crippen molar-refractivity contribution < 1.29 is 9.59 Å². The predicted molar refractivity (Wildman–Crippen MR) is 114 cm³/mol. The Labute approximate surface area is 173 Å². The Morgan fingerprint density at radius 2 is 1.79 bits per heavy atom. The van der Waals surface area contributed by atoms with Gasteiger partial charge >= 0.3 is 6.03 Å². The van der Waals surface area contributed by atoms with E-state index in [0.717, 1.165) is 38.4 Å². The molecule has 0 bridgehead atoms. The average molecular weight is 403 g/mol. The molecule has 1 aromatic heterocycles. The van der Waals surface area contributed by atoms with Crippen molar-refractivity contribution in [1.29, 1.82) is 0 Å². The van der Waals surface area contributed by atoms with Gasteiger partial charge < -0.3 is 24.9 Å². The molecule has 8 heteroatoms. The second kappa shape index (κ2) is 8.57. The Morgan fingerprint density at radius 1 is 1.10 bits per heavy atom. The zero-order valence-corrected chi connectivity index (χ0v) is 18.3. The van der Waals surface area contributed by atoms with Gasteiger partial charge in [-0.1, -0.05) is 0 Å². The maximum absolute atomic E-state index is 12.9. The van der Waals surface area contributed by atoms with E-state index >= 15 is 0 Å². The fourth-order valence-corrected chi connectivity index (χ4v) is 3.78. The Morgan fingerprint density at radius 3 is 2.38 bits per heavy atom. The van der Waals surface area contributed by atoms with Gasteiger partial charge in [-0.3, -0.25) is 4.79 Å². The molecule has 160 valence electrons. The number of rotatable bonds is 3. The minimum atomic E-state index is -0.0818. The monoisotopic (exact) mass is 402 g/mol. The lowest BCUT2D eigenvalue weighted by molar-refractivity contribution is 0.0775. The van der Waals surface area contributed by atoms with Gasteiger partial charge in [0.1, 0.15) is 5.82 Å². The summed E-state index contributed by atoms with van der Waals surface area (Å²) in [5, 5.41) is 3.30. The highest BCUT2D eigenvalue weighted by atomic mass is 16.2. The second-order valence-corrected chi connectivity index (χ2v) is 9.18. The summed E-state index contributed by atoms with van der Waals surface area (Å²) in [7, 11) is 3.93. The second-order valence-electron chi connectivity index (χ2n) is 9.18. The third-order valence-corrected chi connectivity index (χ3v) is 5.59. The maximum Gasteiger partial charge on any atom is 0.320 e. The van der Waals surface area contributed by atoms with Crippen molar-refractivity contribution >= 4 is 17.8 Å². The van der Waals surface area contributed by atoms with E-state index in [2.05, 4.69) is 43.0 Å². The molecular formula is C21H34N6O2. The van der Waals surface area contributed by atoms with Crippen LogP contribution in [0.1, 0.15) is 37.6 Å². The molecule has 2 saturated heterocycles. The summed E-state index contributed by atoms with van der Waals surface area (Å²) in [5.41, 5.74) is 0.500. The first-order valence-electron chi connectivity index (χ1n) is 10.4. The van der Waals surface area contributed by atoms with Crippen LogP contribution in [0.25, 0.3) is 0 Å². The minimum Gasteiger partial charge on any atom is -0.365 e. The van der Waals surface area contributed by atoms with Gasteiger partial charge in [0.05, 0.1) is 11.6 Å². The third kappa shape index (κ3) is 5.38. The SMILES string of the molecule is CN1CCN(C(=O)N(C)[C@H]2CCN(C(=O)c3ccc(NC(C)(C)C)nc3)C2)CC1. The van der Waals surface area contributed by atoms with Crippen molar-refractivity contribution in [2.75, 3.05) is 58.7 Å². The fourth-order valence-electron chi connectivity index (χ4n) is 3.78. The highest BCUT2D eigenvalue weighted by molar-refractivity contribution is 5.94. The van der Waals surface area contributed by atoms with E-state index in [-0.39, 0.29) is 23.5 Å². The van der Waals surface area contributed by atoms with Crippen molar-refractivity contribution in [1.82, 2.24) is 24.6 Å². The number of anilines is 1. The summed E-state index contributed by atoms with van der Waals surface area (Å²) in [4.78, 5) is 37.8. The molecule has 0 saturated carbocycles. The number of likely N-dealkylation sites (N-methyl/N-ethyl adjacent to an activating group) is 2.